The minimum Gasteiger partial charge on any atom is -0.492 e. The van der Waals surface area contributed by atoms with Crippen LogP contribution in [0.1, 0.15) is 20.3 Å². The Hall–Kier alpha value is -2.59. The fourth-order valence-electron chi connectivity index (χ4n) is 3.35. The van der Waals surface area contributed by atoms with E-state index in [0.717, 1.165) is 37.6 Å². The highest BCUT2D eigenvalue weighted by atomic mass is 16.5. The number of rotatable bonds is 10. The Morgan fingerprint density at radius 1 is 1.00 bits per heavy atom. The van der Waals surface area contributed by atoms with Gasteiger partial charge < -0.3 is 10.1 Å². The first kappa shape index (κ1) is 19.2. The number of nitrogens with one attached hydrogen (secondary N) is 1. The van der Waals surface area contributed by atoms with E-state index in [1.165, 1.54) is 10.8 Å². The number of nitrogens with zero attached hydrogens (tertiary/aromatic N) is 2. The monoisotopic (exact) mass is 363 g/mol. The summed E-state index contributed by atoms with van der Waals surface area (Å²) in [6, 6.07) is 20.9. The van der Waals surface area contributed by atoms with Crippen molar-refractivity contribution in [2.75, 3.05) is 31.6 Å². The Kier molecular flexibility index (Phi) is 7.05. The molecule has 0 amide bonds. The minimum atomic E-state index is 0.323. The molecule has 1 N–H and O–H groups in total. The maximum absolute atomic E-state index is 6.12. The molecule has 0 spiro atoms. The first-order valence-corrected chi connectivity index (χ1v) is 9.76. The Morgan fingerprint density at radius 3 is 2.63 bits per heavy atom. The van der Waals surface area contributed by atoms with Gasteiger partial charge in [-0.1, -0.05) is 49.4 Å². The highest BCUT2D eigenvalue weighted by Gasteiger charge is 2.11. The van der Waals surface area contributed by atoms with Gasteiger partial charge in [0.15, 0.2) is 0 Å². The lowest BCUT2D eigenvalue weighted by Crippen LogP contribution is -2.38. The molecule has 0 bridgehead atoms. The summed E-state index contributed by atoms with van der Waals surface area (Å²) < 4.78 is 6.12. The lowest BCUT2D eigenvalue weighted by Gasteiger charge is -2.26. The maximum atomic E-state index is 6.12. The van der Waals surface area contributed by atoms with Crippen LogP contribution < -0.4 is 10.1 Å². The van der Waals surface area contributed by atoms with Crippen LogP contribution in [0, 0.1) is 0 Å². The Labute approximate surface area is 162 Å². The van der Waals surface area contributed by atoms with Crippen LogP contribution in [0.4, 0.5) is 5.82 Å². The third-order valence-electron chi connectivity index (χ3n) is 4.55. The van der Waals surface area contributed by atoms with Gasteiger partial charge >= 0.3 is 0 Å². The number of ether oxygens (including phenoxy) is 1. The molecule has 0 aliphatic carbocycles. The van der Waals surface area contributed by atoms with Crippen LogP contribution in [0.15, 0.2) is 66.9 Å². The van der Waals surface area contributed by atoms with Crippen molar-refractivity contribution in [1.82, 2.24) is 9.88 Å². The van der Waals surface area contributed by atoms with Crippen LogP contribution in [0.5, 0.6) is 5.75 Å². The van der Waals surface area contributed by atoms with Gasteiger partial charge in [-0.3, -0.25) is 4.90 Å². The van der Waals surface area contributed by atoms with Gasteiger partial charge in [-0.25, -0.2) is 4.98 Å². The topological polar surface area (TPSA) is 37.4 Å². The third kappa shape index (κ3) is 5.69. The van der Waals surface area contributed by atoms with Gasteiger partial charge in [0.2, 0.25) is 0 Å². The normalized spacial score (nSPS) is 12.3. The SMILES string of the molecule is CCCN(CCOc1cccc2ccccc12)CC(C)Nc1ccccn1. The fraction of sp³-hybridized carbons (Fsp3) is 0.348. The largest absolute Gasteiger partial charge is 0.492 e. The van der Waals surface area contributed by atoms with E-state index in [4.69, 9.17) is 4.74 Å². The molecular formula is C23H29N3O. The van der Waals surface area contributed by atoms with E-state index < -0.39 is 0 Å². The van der Waals surface area contributed by atoms with Crippen molar-refractivity contribution in [2.24, 2.45) is 0 Å². The second-order valence-corrected chi connectivity index (χ2v) is 6.89. The van der Waals surface area contributed by atoms with E-state index in [9.17, 15) is 0 Å². The summed E-state index contributed by atoms with van der Waals surface area (Å²) >= 11 is 0. The number of aromatic nitrogens is 1. The summed E-state index contributed by atoms with van der Waals surface area (Å²) in [6.07, 6.45) is 2.95. The molecule has 0 aliphatic heterocycles. The van der Waals surface area contributed by atoms with Gasteiger partial charge in [0.25, 0.3) is 0 Å². The third-order valence-corrected chi connectivity index (χ3v) is 4.55. The smallest absolute Gasteiger partial charge is 0.127 e. The molecule has 27 heavy (non-hydrogen) atoms. The first-order chi connectivity index (χ1) is 13.3. The van der Waals surface area contributed by atoms with Crippen molar-refractivity contribution in [2.45, 2.75) is 26.3 Å². The van der Waals surface area contributed by atoms with E-state index in [0.29, 0.717) is 12.6 Å². The van der Waals surface area contributed by atoms with Crippen LogP contribution in [0.25, 0.3) is 10.8 Å². The quantitative estimate of drug-likeness (QED) is 0.560. The van der Waals surface area contributed by atoms with Crippen molar-refractivity contribution in [3.05, 3.63) is 66.9 Å². The molecule has 2 aromatic carbocycles. The Balaban J connectivity index is 1.53. The zero-order chi connectivity index (χ0) is 18.9. The molecule has 142 valence electrons. The standard InChI is InChI=1S/C23H29N3O/c1-3-15-26(18-19(2)25-23-13-6-7-14-24-23)16-17-27-22-12-8-10-20-9-4-5-11-21(20)22/h4-14,19H,3,15-18H2,1-2H3,(H,24,25). The van der Waals surface area contributed by atoms with Gasteiger partial charge in [0.1, 0.15) is 18.2 Å². The molecule has 1 unspecified atom stereocenters. The van der Waals surface area contributed by atoms with Gasteiger partial charge in [0, 0.05) is 30.7 Å². The fourth-order valence-corrected chi connectivity index (χ4v) is 3.35. The lowest BCUT2D eigenvalue weighted by molar-refractivity contribution is 0.206. The number of hydrogen-bond donors (Lipinski definition) is 1. The predicted octanol–water partition coefficient (Wildman–Crippen LogP) is 4.83. The molecule has 3 aromatic rings. The van der Waals surface area contributed by atoms with E-state index in [-0.39, 0.29) is 0 Å². The number of anilines is 1. The molecule has 0 fully saturated rings. The van der Waals surface area contributed by atoms with E-state index in [1.54, 1.807) is 0 Å². The van der Waals surface area contributed by atoms with E-state index in [1.807, 2.05) is 24.4 Å². The van der Waals surface area contributed by atoms with Crippen LogP contribution in [-0.4, -0.2) is 42.2 Å². The minimum absolute atomic E-state index is 0.323. The molecule has 0 saturated heterocycles. The highest BCUT2D eigenvalue weighted by Crippen LogP contribution is 2.25. The summed E-state index contributed by atoms with van der Waals surface area (Å²) in [7, 11) is 0. The summed E-state index contributed by atoms with van der Waals surface area (Å²) in [5.41, 5.74) is 0. The molecule has 4 nitrogen and oxygen atoms in total. The predicted molar refractivity (Wildman–Crippen MR) is 113 cm³/mol. The van der Waals surface area contributed by atoms with Crippen LogP contribution in [0.3, 0.4) is 0 Å². The summed E-state index contributed by atoms with van der Waals surface area (Å²) in [4.78, 5) is 6.80. The molecule has 3 rings (SSSR count). The van der Waals surface area contributed by atoms with Gasteiger partial charge in [-0.05, 0) is 43.5 Å². The highest BCUT2D eigenvalue weighted by molar-refractivity contribution is 5.88. The number of fused-ring (bicyclic) bond motifs is 1. The van der Waals surface area contributed by atoms with Crippen molar-refractivity contribution in [3.8, 4) is 5.75 Å². The summed E-state index contributed by atoms with van der Waals surface area (Å²) in [5.74, 6) is 1.89. The van der Waals surface area contributed by atoms with Gasteiger partial charge in [-0.15, -0.1) is 0 Å². The number of pyridine rings is 1. The van der Waals surface area contributed by atoms with Crippen LogP contribution in [0.2, 0.25) is 0 Å². The van der Waals surface area contributed by atoms with Crippen LogP contribution >= 0.6 is 0 Å². The average Bonchev–Trinajstić information content (AvgIpc) is 2.69. The van der Waals surface area contributed by atoms with Crippen LogP contribution in [-0.2, 0) is 0 Å². The molecule has 4 heteroatoms. The molecule has 1 atom stereocenters. The summed E-state index contributed by atoms with van der Waals surface area (Å²) in [6.45, 7) is 8.03. The van der Waals surface area contributed by atoms with E-state index >= 15 is 0 Å². The molecule has 0 saturated carbocycles. The van der Waals surface area contributed by atoms with Gasteiger partial charge in [0.05, 0.1) is 0 Å². The van der Waals surface area contributed by atoms with Crippen molar-refractivity contribution in [3.63, 3.8) is 0 Å². The zero-order valence-electron chi connectivity index (χ0n) is 16.3. The first-order valence-electron chi connectivity index (χ1n) is 9.76. The average molecular weight is 364 g/mol. The molecule has 0 aliphatic rings. The molecular weight excluding hydrogens is 334 g/mol. The summed E-state index contributed by atoms with van der Waals surface area (Å²) in [5, 5.41) is 5.86. The maximum Gasteiger partial charge on any atom is 0.127 e. The van der Waals surface area contributed by atoms with E-state index in [2.05, 4.69) is 71.5 Å². The lowest BCUT2D eigenvalue weighted by atomic mass is 10.1. The van der Waals surface area contributed by atoms with Gasteiger partial charge in [-0.2, -0.15) is 0 Å². The van der Waals surface area contributed by atoms with Crippen molar-refractivity contribution >= 4 is 16.6 Å². The molecule has 0 radical (unpaired) electrons. The Bertz CT molecular complexity index is 817. The second kappa shape index (κ2) is 9.93. The number of benzene rings is 2. The molecule has 1 aromatic heterocycles. The molecule has 1 heterocycles. The number of hydrogen-bond acceptors (Lipinski definition) is 4. The van der Waals surface area contributed by atoms with Crippen molar-refractivity contribution in [1.29, 1.82) is 0 Å². The zero-order valence-corrected chi connectivity index (χ0v) is 16.3. The Morgan fingerprint density at radius 2 is 1.81 bits per heavy atom. The van der Waals surface area contributed by atoms with Crippen molar-refractivity contribution < 1.29 is 4.74 Å². The second-order valence-electron chi connectivity index (χ2n) is 6.89.